The van der Waals surface area contributed by atoms with Crippen molar-refractivity contribution >= 4 is 12.1 Å². The monoisotopic (exact) mass is 259 g/mol. The van der Waals surface area contributed by atoms with E-state index in [0.29, 0.717) is 13.0 Å². The predicted octanol–water partition coefficient (Wildman–Crippen LogP) is 2.74. The molecule has 5 nitrogen and oxygen atoms in total. The van der Waals surface area contributed by atoms with Gasteiger partial charge in [0.1, 0.15) is 11.6 Å². The molecule has 0 aromatic rings. The van der Waals surface area contributed by atoms with Crippen LogP contribution >= 0.6 is 0 Å². The van der Waals surface area contributed by atoms with Crippen LogP contribution in [0.1, 0.15) is 48.0 Å². The lowest BCUT2D eigenvalue weighted by atomic mass is 10.0. The number of carboxylic acids is 1. The third kappa shape index (κ3) is 5.38. The Hall–Kier alpha value is -1.26. The molecule has 1 amide bonds. The summed E-state index contributed by atoms with van der Waals surface area (Å²) in [7, 11) is 0. The Morgan fingerprint density at radius 2 is 1.78 bits per heavy atom. The lowest BCUT2D eigenvalue weighted by Gasteiger charge is -2.33. The highest BCUT2D eigenvalue weighted by molar-refractivity contribution is 5.80. The molecule has 0 aromatic heterocycles. The number of rotatable bonds is 5. The quantitative estimate of drug-likeness (QED) is 0.824. The van der Waals surface area contributed by atoms with Gasteiger partial charge in [-0.15, -0.1) is 0 Å². The molecule has 0 heterocycles. The number of nitrogens with zero attached hydrogens (tertiary/aromatic N) is 1. The maximum absolute atomic E-state index is 12.0. The molecule has 0 aliphatic heterocycles. The molecule has 0 spiro atoms. The number of carboxylic acid groups (broad SMARTS) is 1. The summed E-state index contributed by atoms with van der Waals surface area (Å²) >= 11 is 0. The van der Waals surface area contributed by atoms with E-state index in [0.717, 1.165) is 0 Å². The largest absolute Gasteiger partial charge is 0.480 e. The Morgan fingerprint density at radius 3 is 2.06 bits per heavy atom. The van der Waals surface area contributed by atoms with E-state index in [1.807, 2.05) is 6.92 Å². The van der Waals surface area contributed by atoms with Crippen LogP contribution in [0.3, 0.4) is 0 Å². The number of ether oxygens (including phenoxy) is 1. The van der Waals surface area contributed by atoms with Gasteiger partial charge in [0.25, 0.3) is 0 Å². The van der Waals surface area contributed by atoms with Gasteiger partial charge in [-0.25, -0.2) is 9.59 Å². The summed E-state index contributed by atoms with van der Waals surface area (Å²) in [5.74, 6) is -1.16. The Labute approximate surface area is 109 Å². The van der Waals surface area contributed by atoms with E-state index in [-0.39, 0.29) is 5.92 Å². The van der Waals surface area contributed by atoms with E-state index in [2.05, 4.69) is 0 Å². The Morgan fingerprint density at radius 1 is 1.28 bits per heavy atom. The molecule has 1 N–H and O–H groups in total. The van der Waals surface area contributed by atoms with Gasteiger partial charge in [-0.05, 0) is 33.1 Å². The van der Waals surface area contributed by atoms with Crippen molar-refractivity contribution in [3.63, 3.8) is 0 Å². The molecular weight excluding hydrogens is 234 g/mol. The molecule has 0 bridgehead atoms. The van der Waals surface area contributed by atoms with E-state index in [4.69, 9.17) is 4.74 Å². The molecule has 106 valence electrons. The van der Waals surface area contributed by atoms with Crippen molar-refractivity contribution in [1.82, 2.24) is 4.90 Å². The molecule has 5 heteroatoms. The SMILES string of the molecule is CCCN(C(=O)OC(C)(C)C)C(C(=O)O)C(C)C. The Kier molecular flexibility index (Phi) is 6.15. The van der Waals surface area contributed by atoms with Crippen molar-refractivity contribution in [2.24, 2.45) is 5.92 Å². The second kappa shape index (κ2) is 6.61. The minimum absolute atomic E-state index is 0.165. The van der Waals surface area contributed by atoms with Crippen molar-refractivity contribution in [1.29, 1.82) is 0 Å². The van der Waals surface area contributed by atoms with Crippen LogP contribution in [0.15, 0.2) is 0 Å². The van der Waals surface area contributed by atoms with E-state index >= 15 is 0 Å². The molecule has 18 heavy (non-hydrogen) atoms. The van der Waals surface area contributed by atoms with Crippen molar-refractivity contribution < 1.29 is 19.4 Å². The van der Waals surface area contributed by atoms with E-state index in [1.165, 1.54) is 4.90 Å². The average Bonchev–Trinajstić information content (AvgIpc) is 2.12. The zero-order valence-electron chi connectivity index (χ0n) is 12.2. The fourth-order valence-corrected chi connectivity index (χ4v) is 1.68. The van der Waals surface area contributed by atoms with Gasteiger partial charge in [-0.2, -0.15) is 0 Å². The smallest absolute Gasteiger partial charge is 0.411 e. The van der Waals surface area contributed by atoms with E-state index < -0.39 is 23.7 Å². The molecule has 0 radical (unpaired) electrons. The van der Waals surface area contributed by atoms with Crippen molar-refractivity contribution in [3.8, 4) is 0 Å². The minimum atomic E-state index is -0.996. The first-order valence-corrected chi connectivity index (χ1v) is 6.32. The van der Waals surface area contributed by atoms with Crippen LogP contribution in [-0.4, -0.2) is 40.3 Å². The number of carbonyl (C=O) groups excluding carboxylic acids is 1. The Balaban J connectivity index is 5.03. The predicted molar refractivity (Wildman–Crippen MR) is 69.5 cm³/mol. The van der Waals surface area contributed by atoms with Gasteiger partial charge < -0.3 is 9.84 Å². The summed E-state index contributed by atoms with van der Waals surface area (Å²) in [4.78, 5) is 24.6. The van der Waals surface area contributed by atoms with Crippen LogP contribution in [0.5, 0.6) is 0 Å². The third-order valence-electron chi connectivity index (χ3n) is 2.31. The fourth-order valence-electron chi connectivity index (χ4n) is 1.68. The lowest BCUT2D eigenvalue weighted by molar-refractivity contribution is -0.144. The normalized spacial score (nSPS) is 13.3. The first-order valence-electron chi connectivity index (χ1n) is 6.32. The zero-order chi connectivity index (χ0) is 14.5. The van der Waals surface area contributed by atoms with Crippen LogP contribution in [-0.2, 0) is 9.53 Å². The summed E-state index contributed by atoms with van der Waals surface area (Å²) in [6, 6.07) is -0.847. The molecular formula is C13H25NO4. The molecule has 0 aliphatic carbocycles. The van der Waals surface area contributed by atoms with Gasteiger partial charge in [-0.1, -0.05) is 20.8 Å². The van der Waals surface area contributed by atoms with Gasteiger partial charge in [-0.3, -0.25) is 4.90 Å². The molecule has 0 rings (SSSR count). The molecule has 0 fully saturated rings. The number of aliphatic carboxylic acids is 1. The van der Waals surface area contributed by atoms with Crippen molar-refractivity contribution in [3.05, 3.63) is 0 Å². The maximum atomic E-state index is 12.0. The molecule has 0 aliphatic rings. The van der Waals surface area contributed by atoms with Gasteiger partial charge in [0.05, 0.1) is 0 Å². The highest BCUT2D eigenvalue weighted by Crippen LogP contribution is 2.17. The molecule has 0 saturated carbocycles. The van der Waals surface area contributed by atoms with Crippen LogP contribution in [0.4, 0.5) is 4.79 Å². The fraction of sp³-hybridized carbons (Fsp3) is 0.846. The Bertz CT molecular complexity index is 294. The molecule has 0 saturated heterocycles. The van der Waals surface area contributed by atoms with Gasteiger partial charge in [0.15, 0.2) is 0 Å². The molecule has 1 unspecified atom stereocenters. The van der Waals surface area contributed by atoms with Crippen LogP contribution < -0.4 is 0 Å². The second-order valence-corrected chi connectivity index (χ2v) is 5.70. The van der Waals surface area contributed by atoms with Gasteiger partial charge in [0, 0.05) is 6.54 Å². The number of carbonyl (C=O) groups is 2. The first kappa shape index (κ1) is 16.7. The topological polar surface area (TPSA) is 66.8 Å². The number of amides is 1. The maximum Gasteiger partial charge on any atom is 0.411 e. The summed E-state index contributed by atoms with van der Waals surface area (Å²) in [6.45, 7) is 11.1. The van der Waals surface area contributed by atoms with Gasteiger partial charge in [0.2, 0.25) is 0 Å². The summed E-state index contributed by atoms with van der Waals surface area (Å²) in [6.07, 6.45) is 0.126. The summed E-state index contributed by atoms with van der Waals surface area (Å²) in [5.41, 5.74) is -0.622. The van der Waals surface area contributed by atoms with Gasteiger partial charge >= 0.3 is 12.1 Å². The lowest BCUT2D eigenvalue weighted by Crippen LogP contribution is -2.50. The van der Waals surface area contributed by atoms with Crippen molar-refractivity contribution in [2.75, 3.05) is 6.54 Å². The van der Waals surface area contributed by atoms with E-state index in [1.54, 1.807) is 34.6 Å². The number of hydrogen-bond acceptors (Lipinski definition) is 3. The minimum Gasteiger partial charge on any atom is -0.480 e. The second-order valence-electron chi connectivity index (χ2n) is 5.70. The number of hydrogen-bond donors (Lipinski definition) is 1. The zero-order valence-corrected chi connectivity index (χ0v) is 12.2. The summed E-state index contributed by atoms with van der Waals surface area (Å²) < 4.78 is 5.26. The van der Waals surface area contributed by atoms with E-state index in [9.17, 15) is 14.7 Å². The molecule has 1 atom stereocenters. The first-order chi connectivity index (χ1) is 8.10. The van der Waals surface area contributed by atoms with Crippen LogP contribution in [0, 0.1) is 5.92 Å². The third-order valence-corrected chi connectivity index (χ3v) is 2.31. The summed E-state index contributed by atoms with van der Waals surface area (Å²) in [5, 5.41) is 9.24. The van der Waals surface area contributed by atoms with Crippen LogP contribution in [0.2, 0.25) is 0 Å². The highest BCUT2D eigenvalue weighted by Gasteiger charge is 2.34. The van der Waals surface area contributed by atoms with Crippen LogP contribution in [0.25, 0.3) is 0 Å². The average molecular weight is 259 g/mol. The highest BCUT2D eigenvalue weighted by atomic mass is 16.6. The van der Waals surface area contributed by atoms with Crippen molar-refractivity contribution in [2.45, 2.75) is 59.6 Å². The standard InChI is InChI=1S/C13H25NO4/c1-7-8-14(10(9(2)3)11(15)16)12(17)18-13(4,5)6/h9-10H,7-8H2,1-6H3,(H,15,16). The molecule has 0 aromatic carbocycles.